The minimum atomic E-state index is -0.269. The number of hydrogen-bond donors (Lipinski definition) is 0. The molecule has 1 fully saturated rings. The molecule has 158 valence electrons. The summed E-state index contributed by atoms with van der Waals surface area (Å²) in [6.07, 6.45) is 0.635. The number of benzene rings is 2. The second kappa shape index (κ2) is 9.60. The van der Waals surface area contributed by atoms with Crippen LogP contribution in [0.25, 0.3) is 0 Å². The highest BCUT2D eigenvalue weighted by Gasteiger charge is 2.25. The lowest BCUT2D eigenvalue weighted by atomic mass is 10.1. The molecule has 5 nitrogen and oxygen atoms in total. The first-order chi connectivity index (χ1) is 14.6. The van der Waals surface area contributed by atoms with E-state index in [9.17, 15) is 4.39 Å². The molecular formula is C23H25ClFN3O2. The fraction of sp³-hybridized carbons (Fsp3) is 0.348. The van der Waals surface area contributed by atoms with Crippen LogP contribution in [0, 0.1) is 5.82 Å². The Hall–Kier alpha value is -2.41. The highest BCUT2D eigenvalue weighted by atomic mass is 35.5. The molecular weight excluding hydrogens is 405 g/mol. The van der Waals surface area contributed by atoms with Crippen molar-refractivity contribution in [1.82, 2.24) is 14.7 Å². The lowest BCUT2D eigenvalue weighted by Crippen LogP contribution is -2.38. The average molecular weight is 430 g/mol. The van der Waals surface area contributed by atoms with Crippen LogP contribution in [0.5, 0.6) is 5.75 Å². The van der Waals surface area contributed by atoms with E-state index in [1.807, 2.05) is 29.9 Å². The second-order valence-corrected chi connectivity index (χ2v) is 7.83. The molecule has 30 heavy (non-hydrogen) atoms. The summed E-state index contributed by atoms with van der Waals surface area (Å²) in [5.74, 6) is 0.388. The van der Waals surface area contributed by atoms with Gasteiger partial charge < -0.3 is 9.47 Å². The zero-order valence-corrected chi connectivity index (χ0v) is 17.7. The van der Waals surface area contributed by atoms with Gasteiger partial charge in [-0.15, -0.1) is 0 Å². The molecule has 1 aromatic heterocycles. The predicted molar refractivity (Wildman–Crippen MR) is 114 cm³/mol. The van der Waals surface area contributed by atoms with Crippen LogP contribution in [0.15, 0.2) is 54.6 Å². The summed E-state index contributed by atoms with van der Waals surface area (Å²) in [4.78, 5) is 2.35. The number of hydrogen-bond acceptors (Lipinski definition) is 4. The normalized spacial score (nSPS) is 17.2. The first-order valence-electron chi connectivity index (χ1n) is 10.1. The smallest absolute Gasteiger partial charge is 0.123 e. The minimum Gasteiger partial charge on any atom is -0.493 e. The molecule has 0 spiro atoms. The molecule has 1 atom stereocenters. The Balaban J connectivity index is 1.34. The molecule has 4 rings (SSSR count). The van der Waals surface area contributed by atoms with Crippen molar-refractivity contribution in [1.29, 1.82) is 0 Å². The van der Waals surface area contributed by atoms with Crippen molar-refractivity contribution >= 4 is 11.6 Å². The van der Waals surface area contributed by atoms with E-state index in [0.29, 0.717) is 25.4 Å². The van der Waals surface area contributed by atoms with E-state index in [0.717, 1.165) is 41.6 Å². The highest BCUT2D eigenvalue weighted by molar-refractivity contribution is 6.31. The molecule has 0 radical (unpaired) electrons. The summed E-state index contributed by atoms with van der Waals surface area (Å²) in [7, 11) is 1.93. The first kappa shape index (κ1) is 20.8. The van der Waals surface area contributed by atoms with Gasteiger partial charge in [-0.1, -0.05) is 29.8 Å². The van der Waals surface area contributed by atoms with Crippen LogP contribution in [0.2, 0.25) is 5.02 Å². The second-order valence-electron chi connectivity index (χ2n) is 7.42. The highest BCUT2D eigenvalue weighted by Crippen LogP contribution is 2.25. The van der Waals surface area contributed by atoms with E-state index in [1.165, 1.54) is 12.1 Å². The van der Waals surface area contributed by atoms with Crippen LogP contribution < -0.4 is 4.74 Å². The summed E-state index contributed by atoms with van der Waals surface area (Å²) in [5, 5.41) is 5.46. The third kappa shape index (κ3) is 5.19. The van der Waals surface area contributed by atoms with Crippen molar-refractivity contribution in [3.05, 3.63) is 82.4 Å². The summed E-state index contributed by atoms with van der Waals surface area (Å²) < 4.78 is 26.6. The fourth-order valence-electron chi connectivity index (χ4n) is 3.62. The number of halogens is 2. The zero-order chi connectivity index (χ0) is 20.9. The summed E-state index contributed by atoms with van der Waals surface area (Å²) >= 11 is 6.32. The number of nitrogens with zero attached hydrogens (tertiary/aromatic N) is 3. The van der Waals surface area contributed by atoms with Gasteiger partial charge in [0.05, 0.1) is 18.9 Å². The van der Waals surface area contributed by atoms with Crippen LogP contribution in [-0.4, -0.2) is 41.0 Å². The fourth-order valence-corrected chi connectivity index (χ4v) is 3.81. The van der Waals surface area contributed by atoms with Crippen LogP contribution in [0.1, 0.15) is 23.1 Å². The lowest BCUT2D eigenvalue weighted by molar-refractivity contribution is -0.0352. The quantitative estimate of drug-likeness (QED) is 0.557. The average Bonchev–Trinajstić information content (AvgIpc) is 3.12. The van der Waals surface area contributed by atoms with Crippen molar-refractivity contribution in [2.24, 2.45) is 7.05 Å². The van der Waals surface area contributed by atoms with Crippen LogP contribution >= 0.6 is 11.6 Å². The minimum absolute atomic E-state index is 0.0702. The number of ether oxygens (including phenoxy) is 2. The van der Waals surface area contributed by atoms with Crippen molar-refractivity contribution in [2.75, 3.05) is 26.3 Å². The molecule has 7 heteroatoms. The summed E-state index contributed by atoms with van der Waals surface area (Å²) in [6.45, 7) is 3.59. The van der Waals surface area contributed by atoms with Gasteiger partial charge in [0.25, 0.3) is 0 Å². The molecule has 0 N–H and O–H groups in total. The molecule has 3 aromatic rings. The molecule has 1 saturated heterocycles. The maximum Gasteiger partial charge on any atom is 0.123 e. The Kier molecular flexibility index (Phi) is 6.67. The molecule has 0 saturated carbocycles. The van der Waals surface area contributed by atoms with Gasteiger partial charge in [0.2, 0.25) is 0 Å². The monoisotopic (exact) mass is 429 g/mol. The molecule has 0 amide bonds. The van der Waals surface area contributed by atoms with E-state index in [2.05, 4.69) is 22.1 Å². The van der Waals surface area contributed by atoms with Gasteiger partial charge in [-0.05, 0) is 42.0 Å². The van der Waals surface area contributed by atoms with Gasteiger partial charge in [-0.25, -0.2) is 4.39 Å². The molecule has 2 heterocycles. The van der Waals surface area contributed by atoms with E-state index < -0.39 is 0 Å². The first-order valence-corrected chi connectivity index (χ1v) is 10.4. The summed E-state index contributed by atoms with van der Waals surface area (Å²) in [5.41, 5.74) is 3.12. The van der Waals surface area contributed by atoms with Gasteiger partial charge in [-0.2, -0.15) is 5.10 Å². The Labute approximate surface area is 181 Å². The third-order valence-electron chi connectivity index (χ3n) is 5.27. The SMILES string of the molecule is Cn1nc(C2CN(Cc3ccccc3Cl)CCO2)cc1CCOc1ccc(F)cc1. The topological polar surface area (TPSA) is 39.5 Å². The largest absolute Gasteiger partial charge is 0.493 e. The van der Waals surface area contributed by atoms with Gasteiger partial charge >= 0.3 is 0 Å². The molecule has 2 aromatic carbocycles. The zero-order valence-electron chi connectivity index (χ0n) is 16.9. The van der Waals surface area contributed by atoms with Crippen LogP contribution in [0.3, 0.4) is 0 Å². The Morgan fingerprint density at radius 1 is 1.20 bits per heavy atom. The standard InChI is InChI=1S/C23H25ClFN3O2/c1-27-19(10-12-29-20-8-6-18(25)7-9-20)14-22(26-27)23-16-28(11-13-30-23)15-17-4-2-3-5-21(17)24/h2-9,14,23H,10-13,15-16H2,1H3. The third-order valence-corrected chi connectivity index (χ3v) is 5.64. The number of aromatic nitrogens is 2. The number of aryl methyl sites for hydroxylation is 1. The van der Waals surface area contributed by atoms with Crippen molar-refractivity contribution in [3.8, 4) is 5.75 Å². The Bertz CT molecular complexity index is 977. The van der Waals surface area contributed by atoms with Crippen molar-refractivity contribution < 1.29 is 13.9 Å². The molecule has 0 bridgehead atoms. The maximum atomic E-state index is 13.0. The number of morpholine rings is 1. The van der Waals surface area contributed by atoms with Crippen molar-refractivity contribution in [2.45, 2.75) is 19.1 Å². The van der Waals surface area contributed by atoms with E-state index in [-0.39, 0.29) is 11.9 Å². The van der Waals surface area contributed by atoms with E-state index in [1.54, 1.807) is 12.1 Å². The van der Waals surface area contributed by atoms with Gasteiger partial charge in [0, 0.05) is 43.8 Å². The van der Waals surface area contributed by atoms with Crippen molar-refractivity contribution in [3.63, 3.8) is 0 Å². The molecule has 0 aliphatic carbocycles. The predicted octanol–water partition coefficient (Wildman–Crippen LogP) is 4.41. The van der Waals surface area contributed by atoms with Gasteiger partial charge in [0.15, 0.2) is 0 Å². The number of rotatable bonds is 7. The van der Waals surface area contributed by atoms with Crippen LogP contribution in [-0.2, 0) is 24.8 Å². The Morgan fingerprint density at radius 3 is 2.80 bits per heavy atom. The van der Waals surface area contributed by atoms with Gasteiger partial charge in [0.1, 0.15) is 17.7 Å². The maximum absolute atomic E-state index is 13.0. The van der Waals surface area contributed by atoms with Crippen LogP contribution in [0.4, 0.5) is 4.39 Å². The molecule has 1 unspecified atom stereocenters. The molecule has 1 aliphatic rings. The van der Waals surface area contributed by atoms with E-state index >= 15 is 0 Å². The molecule has 1 aliphatic heterocycles. The lowest BCUT2D eigenvalue weighted by Gasteiger charge is -2.32. The Morgan fingerprint density at radius 2 is 2.00 bits per heavy atom. The summed E-state index contributed by atoms with van der Waals surface area (Å²) in [6, 6.07) is 16.1. The van der Waals surface area contributed by atoms with E-state index in [4.69, 9.17) is 21.1 Å². The van der Waals surface area contributed by atoms with Gasteiger partial charge in [-0.3, -0.25) is 9.58 Å².